The third-order valence-corrected chi connectivity index (χ3v) is 4.00. The number of ether oxygens (including phenoxy) is 3. The van der Waals surface area contributed by atoms with Gasteiger partial charge in [-0.05, 0) is 35.4 Å². The van der Waals surface area contributed by atoms with E-state index in [0.717, 1.165) is 22.6 Å². The van der Waals surface area contributed by atoms with Crippen molar-refractivity contribution in [3.8, 4) is 11.5 Å². The Labute approximate surface area is 129 Å². The molecule has 0 aliphatic carbocycles. The van der Waals surface area contributed by atoms with Crippen LogP contribution < -0.4 is 9.47 Å². The van der Waals surface area contributed by atoms with Crippen molar-refractivity contribution in [3.05, 3.63) is 59.7 Å². The molecule has 2 aromatic carbocycles. The lowest BCUT2D eigenvalue weighted by atomic mass is 9.88. The zero-order chi connectivity index (χ0) is 15.5. The van der Waals surface area contributed by atoms with Crippen LogP contribution in [0, 0.1) is 0 Å². The highest BCUT2D eigenvalue weighted by Gasteiger charge is 2.36. The Balaban J connectivity index is 1.88. The molecule has 1 heterocycles. The third-order valence-electron chi connectivity index (χ3n) is 4.00. The van der Waals surface area contributed by atoms with E-state index in [9.17, 15) is 4.79 Å². The van der Waals surface area contributed by atoms with Crippen molar-refractivity contribution in [1.29, 1.82) is 0 Å². The molecule has 1 fully saturated rings. The number of hydrogen-bond donors (Lipinski definition) is 0. The number of carbonyl (C=O) groups is 1. The van der Waals surface area contributed by atoms with E-state index in [1.807, 2.05) is 48.5 Å². The van der Waals surface area contributed by atoms with Crippen LogP contribution in [0.5, 0.6) is 11.5 Å². The summed E-state index contributed by atoms with van der Waals surface area (Å²) in [4.78, 5) is 11.8. The van der Waals surface area contributed by atoms with Gasteiger partial charge in [-0.2, -0.15) is 0 Å². The molecule has 22 heavy (non-hydrogen) atoms. The van der Waals surface area contributed by atoms with Gasteiger partial charge in [-0.3, -0.25) is 4.79 Å². The van der Waals surface area contributed by atoms with Crippen molar-refractivity contribution in [1.82, 2.24) is 0 Å². The molecule has 0 N–H and O–H groups in total. The first-order chi connectivity index (χ1) is 10.7. The monoisotopic (exact) mass is 298 g/mol. The average Bonchev–Trinajstić information content (AvgIpc) is 2.97. The van der Waals surface area contributed by atoms with Crippen LogP contribution in [0.2, 0.25) is 0 Å². The molecule has 1 saturated heterocycles. The molecule has 4 nitrogen and oxygen atoms in total. The summed E-state index contributed by atoms with van der Waals surface area (Å²) in [7, 11) is 3.27. The predicted octanol–water partition coefficient (Wildman–Crippen LogP) is 3.48. The number of hydrogen-bond acceptors (Lipinski definition) is 4. The second kappa shape index (κ2) is 6.10. The van der Waals surface area contributed by atoms with Gasteiger partial charge in [0, 0.05) is 5.92 Å². The normalized spacial score (nSPS) is 20.5. The molecule has 114 valence electrons. The predicted molar refractivity (Wildman–Crippen MR) is 82.2 cm³/mol. The molecule has 0 unspecified atom stereocenters. The molecule has 1 aliphatic heterocycles. The quantitative estimate of drug-likeness (QED) is 0.811. The molecule has 0 amide bonds. The summed E-state index contributed by atoms with van der Waals surface area (Å²) in [5.74, 6) is 1.44. The Kier molecular flexibility index (Phi) is 4.00. The Morgan fingerprint density at radius 1 is 0.864 bits per heavy atom. The minimum Gasteiger partial charge on any atom is -0.497 e. The van der Waals surface area contributed by atoms with Crippen molar-refractivity contribution in [2.45, 2.75) is 18.4 Å². The van der Waals surface area contributed by atoms with Gasteiger partial charge in [0.25, 0.3) is 0 Å². The van der Waals surface area contributed by atoms with Crippen molar-refractivity contribution in [3.63, 3.8) is 0 Å². The van der Waals surface area contributed by atoms with Crippen LogP contribution in [0.4, 0.5) is 0 Å². The van der Waals surface area contributed by atoms with Crippen molar-refractivity contribution >= 4 is 5.97 Å². The summed E-state index contributed by atoms with van der Waals surface area (Å²) >= 11 is 0. The van der Waals surface area contributed by atoms with Crippen LogP contribution in [0.25, 0.3) is 0 Å². The number of carbonyl (C=O) groups excluding carboxylic acids is 1. The zero-order valence-corrected chi connectivity index (χ0v) is 12.6. The van der Waals surface area contributed by atoms with Gasteiger partial charge in [-0.25, -0.2) is 0 Å². The Morgan fingerprint density at radius 3 is 1.86 bits per heavy atom. The van der Waals surface area contributed by atoms with Crippen LogP contribution in [0.3, 0.4) is 0 Å². The fourth-order valence-electron chi connectivity index (χ4n) is 2.80. The van der Waals surface area contributed by atoms with E-state index in [-0.39, 0.29) is 18.0 Å². The highest BCUT2D eigenvalue weighted by atomic mass is 16.6. The van der Waals surface area contributed by atoms with Crippen molar-refractivity contribution < 1.29 is 19.0 Å². The lowest BCUT2D eigenvalue weighted by molar-refractivity contribution is -0.141. The molecule has 4 heteroatoms. The van der Waals surface area contributed by atoms with E-state index >= 15 is 0 Å². The second-order valence-corrected chi connectivity index (χ2v) is 5.27. The molecule has 1 aliphatic rings. The Bertz CT molecular complexity index is 588. The van der Waals surface area contributed by atoms with Crippen LogP contribution in [0.1, 0.15) is 29.6 Å². The Morgan fingerprint density at radius 2 is 1.36 bits per heavy atom. The van der Waals surface area contributed by atoms with E-state index < -0.39 is 0 Å². The van der Waals surface area contributed by atoms with Crippen LogP contribution >= 0.6 is 0 Å². The summed E-state index contributed by atoms with van der Waals surface area (Å²) in [5.41, 5.74) is 2.06. The van der Waals surface area contributed by atoms with Gasteiger partial charge >= 0.3 is 5.97 Å². The number of cyclic esters (lactones) is 1. The first kappa shape index (κ1) is 14.4. The highest BCUT2D eigenvalue weighted by Crippen LogP contribution is 2.42. The zero-order valence-electron chi connectivity index (χ0n) is 12.6. The first-order valence-electron chi connectivity index (χ1n) is 7.18. The summed E-state index contributed by atoms with van der Waals surface area (Å²) in [5, 5.41) is 0. The van der Waals surface area contributed by atoms with Gasteiger partial charge in [0.1, 0.15) is 17.6 Å². The Hall–Kier alpha value is -2.49. The molecule has 0 radical (unpaired) electrons. The van der Waals surface area contributed by atoms with Gasteiger partial charge in [-0.1, -0.05) is 24.3 Å². The van der Waals surface area contributed by atoms with E-state index in [0.29, 0.717) is 6.42 Å². The first-order valence-corrected chi connectivity index (χ1v) is 7.18. The number of rotatable bonds is 4. The topological polar surface area (TPSA) is 44.8 Å². The molecule has 2 aromatic rings. The van der Waals surface area contributed by atoms with Crippen molar-refractivity contribution in [2.75, 3.05) is 14.2 Å². The maximum Gasteiger partial charge on any atom is 0.307 e. The van der Waals surface area contributed by atoms with Crippen LogP contribution in [0.15, 0.2) is 48.5 Å². The van der Waals surface area contributed by atoms with Gasteiger partial charge in [0.15, 0.2) is 0 Å². The van der Waals surface area contributed by atoms with Gasteiger partial charge in [0.2, 0.25) is 0 Å². The third kappa shape index (κ3) is 2.77. The van der Waals surface area contributed by atoms with Crippen LogP contribution in [-0.2, 0) is 9.53 Å². The lowest BCUT2D eigenvalue weighted by Gasteiger charge is -2.18. The minimum absolute atomic E-state index is 0.0202. The second-order valence-electron chi connectivity index (χ2n) is 5.27. The van der Waals surface area contributed by atoms with Gasteiger partial charge in [0.05, 0.1) is 20.6 Å². The van der Waals surface area contributed by atoms with Gasteiger partial charge in [-0.15, -0.1) is 0 Å². The van der Waals surface area contributed by atoms with E-state index in [1.165, 1.54) is 0 Å². The van der Waals surface area contributed by atoms with Crippen LogP contribution in [-0.4, -0.2) is 20.2 Å². The number of benzene rings is 2. The lowest BCUT2D eigenvalue weighted by Crippen LogP contribution is -2.06. The number of esters is 1. The summed E-state index contributed by atoms with van der Waals surface area (Å²) in [6.45, 7) is 0. The molecular weight excluding hydrogens is 280 g/mol. The molecule has 0 saturated carbocycles. The van der Waals surface area contributed by atoms with E-state index in [4.69, 9.17) is 14.2 Å². The van der Waals surface area contributed by atoms with Crippen molar-refractivity contribution in [2.24, 2.45) is 0 Å². The fourth-order valence-corrected chi connectivity index (χ4v) is 2.80. The maximum absolute atomic E-state index is 11.8. The molecule has 0 aromatic heterocycles. The highest BCUT2D eigenvalue weighted by molar-refractivity contribution is 5.74. The minimum atomic E-state index is -0.258. The summed E-state index contributed by atoms with van der Waals surface area (Å²) < 4.78 is 15.9. The maximum atomic E-state index is 11.8. The standard InChI is InChI=1S/C18H18O4/c1-20-14-7-3-12(4-8-14)16-11-17(19)22-18(16)13-5-9-15(21-2)10-6-13/h3-10,16,18H,11H2,1-2H3/t16-,18+/m0/s1. The fraction of sp³-hybridized carbons (Fsp3) is 0.278. The smallest absolute Gasteiger partial charge is 0.307 e. The van der Waals surface area contributed by atoms with E-state index in [1.54, 1.807) is 14.2 Å². The average molecular weight is 298 g/mol. The SMILES string of the molecule is COc1ccc([C@H]2OC(=O)C[C@H]2c2ccc(OC)cc2)cc1. The summed E-state index contributed by atoms with van der Waals surface area (Å²) in [6, 6.07) is 15.4. The van der Waals surface area contributed by atoms with Gasteiger partial charge < -0.3 is 14.2 Å². The number of methoxy groups -OCH3 is 2. The molecule has 0 bridgehead atoms. The van der Waals surface area contributed by atoms with E-state index in [2.05, 4.69) is 0 Å². The largest absolute Gasteiger partial charge is 0.497 e. The molecule has 0 spiro atoms. The molecular formula is C18H18O4. The molecule has 2 atom stereocenters. The molecule has 3 rings (SSSR count). The summed E-state index contributed by atoms with van der Waals surface area (Å²) in [6.07, 6.45) is 0.134.